The van der Waals surface area contributed by atoms with Crippen LogP contribution in [0.2, 0.25) is 0 Å². The van der Waals surface area contributed by atoms with Gasteiger partial charge in [0.1, 0.15) is 41.5 Å². The molecule has 4 rings (SSSR count). The van der Waals surface area contributed by atoms with E-state index in [1.807, 2.05) is 0 Å². The zero-order chi connectivity index (χ0) is 20.2. The Morgan fingerprint density at radius 3 is 2.38 bits per heavy atom. The minimum atomic E-state index is -0.918. The lowest BCUT2D eigenvalue weighted by molar-refractivity contribution is 0.101. The smallest absolute Gasteiger partial charge is 0.261 e. The number of nitrogens with zero attached hydrogens (tertiary/aromatic N) is 4. The van der Waals surface area contributed by atoms with Crippen molar-refractivity contribution in [2.24, 2.45) is 0 Å². The molecule has 1 amide bonds. The Morgan fingerprint density at radius 1 is 0.966 bits per heavy atom. The van der Waals surface area contributed by atoms with Gasteiger partial charge in [-0.1, -0.05) is 6.07 Å². The van der Waals surface area contributed by atoms with Crippen LogP contribution in [0.25, 0.3) is 5.82 Å². The first-order chi connectivity index (χ1) is 14.1. The van der Waals surface area contributed by atoms with Crippen molar-refractivity contribution in [3.63, 3.8) is 0 Å². The molecule has 29 heavy (non-hydrogen) atoms. The molecule has 0 fully saturated rings. The Bertz CT molecular complexity index is 1130. The molecule has 2 aromatic heterocycles. The molecule has 0 radical (unpaired) electrons. The summed E-state index contributed by atoms with van der Waals surface area (Å²) >= 11 is 0. The molecule has 2 heterocycles. The van der Waals surface area contributed by atoms with Gasteiger partial charge in [-0.05, 0) is 36.4 Å². The van der Waals surface area contributed by atoms with Crippen molar-refractivity contribution < 1.29 is 13.6 Å². The maximum Gasteiger partial charge on any atom is 0.261 e. The summed E-state index contributed by atoms with van der Waals surface area (Å²) in [7, 11) is 0. The number of amides is 1. The molecule has 0 aliphatic rings. The molecule has 0 saturated carbocycles. The highest BCUT2D eigenvalue weighted by Crippen LogP contribution is 2.20. The van der Waals surface area contributed by atoms with Crippen molar-refractivity contribution in [3.8, 4) is 5.82 Å². The normalized spacial score (nSPS) is 10.6. The summed E-state index contributed by atoms with van der Waals surface area (Å²) in [6.45, 7) is 0. The van der Waals surface area contributed by atoms with Crippen LogP contribution in [-0.2, 0) is 0 Å². The molecule has 0 atom stereocenters. The summed E-state index contributed by atoms with van der Waals surface area (Å²) in [5.41, 5.74) is 0.475. The molecule has 0 aliphatic heterocycles. The van der Waals surface area contributed by atoms with Gasteiger partial charge in [0.2, 0.25) is 0 Å². The summed E-state index contributed by atoms with van der Waals surface area (Å²) in [6, 6.07) is 11.6. The minimum Gasteiger partial charge on any atom is -0.340 e. The third-order valence-corrected chi connectivity index (χ3v) is 4.03. The van der Waals surface area contributed by atoms with Crippen LogP contribution in [0.5, 0.6) is 0 Å². The van der Waals surface area contributed by atoms with Gasteiger partial charge in [0.05, 0.1) is 0 Å². The number of benzene rings is 2. The Balaban J connectivity index is 1.46. The Labute approximate surface area is 164 Å². The highest BCUT2D eigenvalue weighted by atomic mass is 19.1. The second-order valence-electron chi connectivity index (χ2n) is 5.98. The fraction of sp³-hybridized carbons (Fsp3) is 0. The number of hydrogen-bond acceptors (Lipinski definition) is 5. The highest BCUT2D eigenvalue weighted by molar-refractivity contribution is 6.04. The van der Waals surface area contributed by atoms with Crippen LogP contribution in [0, 0.1) is 11.6 Å². The van der Waals surface area contributed by atoms with E-state index in [9.17, 15) is 13.6 Å². The number of carbonyl (C=O) groups is 1. The molecule has 9 heteroatoms. The molecule has 2 N–H and O–H groups in total. The van der Waals surface area contributed by atoms with Crippen molar-refractivity contribution in [2.75, 3.05) is 10.6 Å². The monoisotopic (exact) mass is 392 g/mol. The van der Waals surface area contributed by atoms with Gasteiger partial charge in [-0.2, -0.15) is 0 Å². The van der Waals surface area contributed by atoms with E-state index in [0.29, 0.717) is 23.0 Å². The summed E-state index contributed by atoms with van der Waals surface area (Å²) < 4.78 is 29.2. The van der Waals surface area contributed by atoms with E-state index >= 15 is 0 Å². The molecular formula is C20H14F2N6O. The van der Waals surface area contributed by atoms with Crippen molar-refractivity contribution in [1.82, 2.24) is 19.5 Å². The molecule has 0 saturated heterocycles. The van der Waals surface area contributed by atoms with Gasteiger partial charge in [-0.15, -0.1) is 0 Å². The van der Waals surface area contributed by atoms with Gasteiger partial charge in [0.25, 0.3) is 5.91 Å². The van der Waals surface area contributed by atoms with Crippen LogP contribution in [0.4, 0.5) is 26.0 Å². The van der Waals surface area contributed by atoms with Gasteiger partial charge in [0.15, 0.2) is 0 Å². The first-order valence-corrected chi connectivity index (χ1v) is 8.53. The second kappa shape index (κ2) is 7.85. The molecule has 0 aliphatic carbocycles. The average Bonchev–Trinajstić information content (AvgIpc) is 3.25. The third kappa shape index (κ3) is 4.08. The van der Waals surface area contributed by atoms with E-state index < -0.39 is 23.1 Å². The fourth-order valence-electron chi connectivity index (χ4n) is 2.64. The topological polar surface area (TPSA) is 84.7 Å². The molecule has 0 unspecified atom stereocenters. The average molecular weight is 392 g/mol. The standard InChI is InChI=1S/C20H14F2N6O/c21-15-2-1-3-16(22)19(15)20(29)27-14-6-4-13(5-7-14)26-17-10-18(25-11-24-17)28-9-8-23-12-28/h1-12H,(H,27,29)(H,24,25,26). The molecular weight excluding hydrogens is 378 g/mol. The lowest BCUT2D eigenvalue weighted by atomic mass is 10.1. The van der Waals surface area contributed by atoms with Crippen molar-refractivity contribution in [3.05, 3.63) is 90.8 Å². The van der Waals surface area contributed by atoms with E-state index in [-0.39, 0.29) is 0 Å². The number of carbonyl (C=O) groups excluding carboxylic acids is 1. The van der Waals surface area contributed by atoms with E-state index in [4.69, 9.17) is 0 Å². The molecule has 2 aromatic carbocycles. The summed E-state index contributed by atoms with van der Waals surface area (Å²) in [5, 5.41) is 5.60. The predicted octanol–water partition coefficient (Wildman–Crippen LogP) is 3.94. The first-order valence-electron chi connectivity index (χ1n) is 8.53. The van der Waals surface area contributed by atoms with Crippen LogP contribution in [0.1, 0.15) is 10.4 Å². The summed E-state index contributed by atoms with van der Waals surface area (Å²) in [5.74, 6) is -1.48. The SMILES string of the molecule is O=C(Nc1ccc(Nc2cc(-n3ccnc3)ncn2)cc1)c1c(F)cccc1F. The third-order valence-electron chi connectivity index (χ3n) is 4.03. The molecule has 0 spiro atoms. The van der Waals surface area contributed by atoms with E-state index in [1.54, 1.807) is 53.6 Å². The maximum atomic E-state index is 13.7. The quantitative estimate of drug-likeness (QED) is 0.538. The Kier molecular flexibility index (Phi) is 4.93. The molecule has 4 aromatic rings. The number of nitrogens with one attached hydrogen (secondary N) is 2. The number of anilines is 3. The van der Waals surface area contributed by atoms with Gasteiger partial charge < -0.3 is 10.6 Å². The number of halogens is 2. The van der Waals surface area contributed by atoms with E-state index in [2.05, 4.69) is 25.6 Å². The van der Waals surface area contributed by atoms with Gasteiger partial charge in [-0.25, -0.2) is 23.7 Å². The lowest BCUT2D eigenvalue weighted by Crippen LogP contribution is -2.15. The molecule has 0 bridgehead atoms. The van der Waals surface area contributed by atoms with Crippen LogP contribution < -0.4 is 10.6 Å². The Hall–Kier alpha value is -4.14. The van der Waals surface area contributed by atoms with Crippen LogP contribution in [-0.4, -0.2) is 25.4 Å². The fourth-order valence-corrected chi connectivity index (χ4v) is 2.64. The van der Waals surface area contributed by atoms with Crippen LogP contribution >= 0.6 is 0 Å². The number of rotatable bonds is 5. The van der Waals surface area contributed by atoms with Crippen molar-refractivity contribution in [1.29, 1.82) is 0 Å². The number of aromatic nitrogens is 4. The molecule has 7 nitrogen and oxygen atoms in total. The number of hydrogen-bond donors (Lipinski definition) is 2. The molecule has 144 valence electrons. The van der Waals surface area contributed by atoms with E-state index in [1.165, 1.54) is 12.4 Å². The van der Waals surface area contributed by atoms with Gasteiger partial charge >= 0.3 is 0 Å². The van der Waals surface area contributed by atoms with Crippen LogP contribution in [0.3, 0.4) is 0 Å². The minimum absolute atomic E-state index is 0.394. The first kappa shape index (κ1) is 18.2. The largest absolute Gasteiger partial charge is 0.340 e. The zero-order valence-corrected chi connectivity index (χ0v) is 14.9. The lowest BCUT2D eigenvalue weighted by Gasteiger charge is -2.10. The summed E-state index contributed by atoms with van der Waals surface area (Å²) in [6.07, 6.45) is 6.47. The predicted molar refractivity (Wildman–Crippen MR) is 103 cm³/mol. The zero-order valence-electron chi connectivity index (χ0n) is 14.9. The van der Waals surface area contributed by atoms with Gasteiger partial charge in [0, 0.05) is 29.8 Å². The van der Waals surface area contributed by atoms with Crippen LogP contribution in [0.15, 0.2) is 73.6 Å². The summed E-state index contributed by atoms with van der Waals surface area (Å²) in [4.78, 5) is 24.5. The second-order valence-corrected chi connectivity index (χ2v) is 5.98. The maximum absolute atomic E-state index is 13.7. The Morgan fingerprint density at radius 2 is 1.69 bits per heavy atom. The highest BCUT2D eigenvalue weighted by Gasteiger charge is 2.17. The van der Waals surface area contributed by atoms with Gasteiger partial charge in [-0.3, -0.25) is 9.36 Å². The van der Waals surface area contributed by atoms with Crippen molar-refractivity contribution >= 4 is 23.1 Å². The number of imidazole rings is 1. The van der Waals surface area contributed by atoms with Crippen molar-refractivity contribution in [2.45, 2.75) is 0 Å². The van der Waals surface area contributed by atoms with E-state index in [0.717, 1.165) is 12.1 Å².